The van der Waals surface area contributed by atoms with Crippen molar-refractivity contribution in [2.75, 3.05) is 6.61 Å². The number of unbranched alkanes of at least 4 members (excludes halogenated alkanes) is 11. The molecule has 0 amide bonds. The van der Waals surface area contributed by atoms with Crippen LogP contribution in [0.25, 0.3) is 0 Å². The van der Waals surface area contributed by atoms with E-state index in [4.69, 9.17) is 5.11 Å². The number of carboxylic acids is 1. The summed E-state index contributed by atoms with van der Waals surface area (Å²) >= 11 is 0. The van der Waals surface area contributed by atoms with Gasteiger partial charge in [-0.2, -0.15) is 8.42 Å². The Morgan fingerprint density at radius 2 is 1.32 bits per heavy atom. The number of Topliss-reactive ketones (excluding diaryl/α,β-unsaturated/α-hetero) is 1. The van der Waals surface area contributed by atoms with E-state index in [9.17, 15) is 27.7 Å². The Balaban J connectivity index is 0. The van der Waals surface area contributed by atoms with Crippen molar-refractivity contribution >= 4 is 21.9 Å². The number of carboxylic acid groups (broad SMARTS) is 1. The van der Waals surface area contributed by atoms with Crippen molar-refractivity contribution in [3.05, 3.63) is 12.2 Å². The maximum Gasteiger partial charge on any atom is 1.00 e. The first-order valence-electron chi connectivity index (χ1n) is 11.2. The zero-order valence-electron chi connectivity index (χ0n) is 19.3. The van der Waals surface area contributed by atoms with Gasteiger partial charge >= 0.3 is 29.6 Å². The fourth-order valence-electron chi connectivity index (χ4n) is 3.45. The molecule has 0 aliphatic carbocycles. The van der Waals surface area contributed by atoms with E-state index in [-0.39, 0.29) is 36.0 Å². The molecule has 0 spiro atoms. The molecule has 0 saturated heterocycles. The number of hydrogen-bond acceptors (Lipinski definition) is 6. The Kier molecular flexibility index (Phi) is 20.4. The average Bonchev–Trinajstić information content (AvgIpc) is 2.67. The molecule has 0 fully saturated rings. The minimum atomic E-state index is -5.24. The normalized spacial score (nSPS) is 13.6. The molecule has 0 aromatic heterocycles. The van der Waals surface area contributed by atoms with Gasteiger partial charge in [-0.15, -0.1) is 0 Å². The minimum absolute atomic E-state index is 0. The molecular weight excluding hydrogens is 431 g/mol. The van der Waals surface area contributed by atoms with Gasteiger partial charge in [-0.1, -0.05) is 70.4 Å². The number of ketones is 1. The second-order valence-electron chi connectivity index (χ2n) is 7.82. The van der Waals surface area contributed by atoms with Crippen molar-refractivity contribution in [3.8, 4) is 0 Å². The predicted molar refractivity (Wildman–Crippen MR) is 115 cm³/mol. The molecule has 0 aromatic rings. The van der Waals surface area contributed by atoms with Crippen LogP contribution in [0, 0.1) is 0 Å². The van der Waals surface area contributed by atoms with Gasteiger partial charge in [0.15, 0.2) is 10.5 Å². The van der Waals surface area contributed by atoms with E-state index in [2.05, 4.69) is 19.1 Å². The Morgan fingerprint density at radius 1 is 0.871 bits per heavy atom. The molecule has 0 aromatic carbocycles. The van der Waals surface area contributed by atoms with E-state index >= 15 is 0 Å². The molecule has 9 heteroatoms. The van der Waals surface area contributed by atoms with Crippen LogP contribution in [0.1, 0.15) is 103 Å². The molecule has 0 heterocycles. The molecule has 176 valence electrons. The van der Waals surface area contributed by atoms with Crippen molar-refractivity contribution < 1.29 is 62.3 Å². The first-order chi connectivity index (χ1) is 14.2. The molecule has 2 N–H and O–H groups in total. The number of carbonyl (C=O) groups excluding carboxylic acids is 2. The third kappa shape index (κ3) is 13.1. The maximum atomic E-state index is 12.2. The van der Waals surface area contributed by atoms with E-state index < -0.39 is 39.6 Å². The fraction of sp³-hybridized carbons (Fsp3) is 0.818. The van der Waals surface area contributed by atoms with Crippen LogP contribution >= 0.6 is 0 Å². The second-order valence-corrected chi connectivity index (χ2v) is 9.47. The summed E-state index contributed by atoms with van der Waals surface area (Å²) in [7, 11) is -5.24. The summed E-state index contributed by atoms with van der Waals surface area (Å²) in [4.78, 5) is 23.5. The number of rotatable bonds is 20. The number of aliphatic hydroxyl groups is 1. The van der Waals surface area contributed by atoms with Crippen molar-refractivity contribution in [2.24, 2.45) is 0 Å². The minimum Gasteiger partial charge on any atom is -0.548 e. The van der Waals surface area contributed by atoms with Gasteiger partial charge in [-0.25, -0.2) is 0 Å². The maximum absolute atomic E-state index is 12.2. The molecule has 0 aliphatic rings. The van der Waals surface area contributed by atoms with E-state index in [0.29, 0.717) is 12.8 Å². The molecule has 1 unspecified atom stereocenters. The largest absolute Gasteiger partial charge is 1.00 e. The van der Waals surface area contributed by atoms with Gasteiger partial charge in [0.2, 0.25) is 0 Å². The molecule has 0 radical (unpaired) electrons. The average molecular weight is 471 g/mol. The molecule has 0 bridgehead atoms. The Labute approximate surface area is 210 Å². The van der Waals surface area contributed by atoms with Crippen LogP contribution in [0.3, 0.4) is 0 Å². The zero-order valence-corrected chi connectivity index (χ0v) is 22.1. The van der Waals surface area contributed by atoms with Gasteiger partial charge in [0.25, 0.3) is 10.1 Å². The second kappa shape index (κ2) is 19.2. The number of aliphatic hydroxyl groups excluding tert-OH is 1. The van der Waals surface area contributed by atoms with Gasteiger partial charge in [0.1, 0.15) is 0 Å². The molecule has 0 saturated carbocycles. The van der Waals surface area contributed by atoms with Crippen molar-refractivity contribution in [1.29, 1.82) is 0 Å². The summed E-state index contributed by atoms with van der Waals surface area (Å²) in [6, 6.07) is 0. The molecule has 0 rings (SSSR count). The van der Waals surface area contributed by atoms with Crippen LogP contribution in [0.2, 0.25) is 0 Å². The number of carbonyl (C=O) groups is 2. The summed E-state index contributed by atoms with van der Waals surface area (Å²) in [6.07, 6.45) is 16.9. The van der Waals surface area contributed by atoms with Crippen LogP contribution in [-0.2, 0) is 19.7 Å². The monoisotopic (exact) mass is 470 g/mol. The van der Waals surface area contributed by atoms with Crippen molar-refractivity contribution in [2.45, 2.75) is 108 Å². The Morgan fingerprint density at radius 3 is 1.74 bits per heavy atom. The number of aliphatic carboxylic acids is 1. The number of hydrogen-bond donors (Lipinski definition) is 2. The van der Waals surface area contributed by atoms with E-state index in [1.165, 1.54) is 38.5 Å². The number of allylic oxidation sites excluding steroid dienone is 2. The third-order valence-corrected chi connectivity index (χ3v) is 6.83. The summed E-state index contributed by atoms with van der Waals surface area (Å²) < 4.78 is 29.1. The Hall–Kier alpha value is -0.250. The summed E-state index contributed by atoms with van der Waals surface area (Å²) in [6.45, 7) is 1.35. The van der Waals surface area contributed by atoms with Crippen molar-refractivity contribution in [1.82, 2.24) is 0 Å². The molecular formula is C22H39NaO7S. The van der Waals surface area contributed by atoms with Gasteiger partial charge in [-0.3, -0.25) is 9.35 Å². The van der Waals surface area contributed by atoms with Gasteiger partial charge in [0, 0.05) is 19.4 Å². The summed E-state index contributed by atoms with van der Waals surface area (Å²) in [5.41, 5.74) is 0. The van der Waals surface area contributed by atoms with Gasteiger partial charge in [0.05, 0.1) is 5.97 Å². The smallest absolute Gasteiger partial charge is 0.548 e. The SMILES string of the molecule is CCCCCCCC/C=C\CCCCCCCC(=O)C(CCO)(C(=O)[O-])S(=O)(=O)O.[Na+]. The van der Waals surface area contributed by atoms with Crippen LogP contribution < -0.4 is 34.7 Å². The zero-order chi connectivity index (χ0) is 22.9. The molecule has 1 atom stereocenters. The predicted octanol–water partition coefficient (Wildman–Crippen LogP) is 0.356. The van der Waals surface area contributed by atoms with Crippen LogP contribution in [0.4, 0.5) is 0 Å². The van der Waals surface area contributed by atoms with Gasteiger partial charge in [-0.05, 0) is 32.1 Å². The topological polar surface area (TPSA) is 132 Å². The van der Waals surface area contributed by atoms with E-state index in [1.54, 1.807) is 0 Å². The van der Waals surface area contributed by atoms with E-state index in [0.717, 1.165) is 32.1 Å². The quantitative estimate of drug-likeness (QED) is 0.0863. The first kappa shape index (κ1) is 32.9. The van der Waals surface area contributed by atoms with Crippen LogP contribution in [0.15, 0.2) is 12.2 Å². The van der Waals surface area contributed by atoms with Crippen molar-refractivity contribution in [3.63, 3.8) is 0 Å². The molecule has 31 heavy (non-hydrogen) atoms. The Bertz CT molecular complexity index is 619. The fourth-order valence-corrected chi connectivity index (χ4v) is 4.40. The summed E-state index contributed by atoms with van der Waals surface area (Å²) in [5.74, 6) is -3.34. The van der Waals surface area contributed by atoms with Crippen LogP contribution in [-0.4, -0.2) is 41.2 Å². The molecule has 7 nitrogen and oxygen atoms in total. The van der Waals surface area contributed by atoms with E-state index in [1.807, 2.05) is 0 Å². The summed E-state index contributed by atoms with van der Waals surface area (Å²) in [5, 5.41) is 20.2. The standard InChI is InChI=1S/C22H40O7S.Na/c1-2-3-4-5-6-7-8-9-10-11-12-13-14-15-16-17-20(24)22(18-19-23,21(25)26)30(27,28)29;/h9-10,23H,2-8,11-19H2,1H3,(H,25,26)(H,27,28,29);/q;+1/p-1/b10-9-;. The first-order valence-corrected chi connectivity index (χ1v) is 12.7. The van der Waals surface area contributed by atoms with Gasteiger partial charge < -0.3 is 15.0 Å². The van der Waals surface area contributed by atoms with Crippen LogP contribution in [0.5, 0.6) is 0 Å². The molecule has 0 aliphatic heterocycles. The third-order valence-electron chi connectivity index (χ3n) is 5.35.